The molecule has 0 heterocycles. The van der Waals surface area contributed by atoms with Crippen molar-refractivity contribution >= 4 is 42.3 Å². The molecule has 0 aromatic rings. The van der Waals surface area contributed by atoms with E-state index in [1.807, 2.05) is 6.92 Å². The molecule has 11 heteroatoms. The van der Waals surface area contributed by atoms with E-state index in [0.29, 0.717) is 19.4 Å². The molecule has 0 spiro atoms. The fourth-order valence-corrected chi connectivity index (χ4v) is 5.23. The standard InChI is InChI=1S/C24H48IN2O7P/c1-11-21(5,6)24(10,15-20(2,3)4)19(27)32-16-23(9,25)13-12-22(7,8)34-35(30,31)33-14-17(26)18(28)29/h17,27H,11-16,26H2,1-10H3,(H,28,29)(H,30,31)/p-1. The third-order valence-corrected chi connectivity index (χ3v) is 8.65. The first kappa shape index (κ1) is 34.7. The third-order valence-electron chi connectivity index (χ3n) is 6.62. The van der Waals surface area contributed by atoms with Crippen LogP contribution in [-0.2, 0) is 23.1 Å². The lowest BCUT2D eigenvalue weighted by Crippen LogP contribution is -2.46. The van der Waals surface area contributed by atoms with Crippen LogP contribution in [0, 0.1) is 21.7 Å². The van der Waals surface area contributed by atoms with Crippen molar-refractivity contribution in [2.75, 3.05) is 13.2 Å². The first-order valence-electron chi connectivity index (χ1n) is 11.9. The van der Waals surface area contributed by atoms with Gasteiger partial charge in [0.1, 0.15) is 12.6 Å². The molecule has 0 fully saturated rings. The van der Waals surface area contributed by atoms with Crippen molar-refractivity contribution in [3.05, 3.63) is 0 Å². The Morgan fingerprint density at radius 1 is 1.11 bits per heavy atom. The van der Waals surface area contributed by atoms with Crippen LogP contribution in [0.25, 0.3) is 0 Å². The number of nitrogens with two attached hydrogens (primary N) is 1. The average molecular weight is 634 g/mol. The highest BCUT2D eigenvalue weighted by Crippen LogP contribution is 2.50. The summed E-state index contributed by atoms with van der Waals surface area (Å²) < 4.78 is 27.7. The van der Waals surface area contributed by atoms with Gasteiger partial charge in [-0.1, -0.05) is 71.1 Å². The number of nitrogens with one attached hydrogen (secondary N) is 1. The Labute approximate surface area is 225 Å². The zero-order valence-corrected chi connectivity index (χ0v) is 26.2. The van der Waals surface area contributed by atoms with E-state index >= 15 is 0 Å². The number of ether oxygens (including phenoxy) is 1. The summed E-state index contributed by atoms with van der Waals surface area (Å²) in [5, 5.41) is 17.6. The van der Waals surface area contributed by atoms with E-state index in [1.165, 1.54) is 0 Å². The summed E-state index contributed by atoms with van der Waals surface area (Å²) >= 11 is 2.27. The molecule has 4 N–H and O–H groups in total. The molecule has 4 atom stereocenters. The second-order valence-corrected chi connectivity index (χ2v) is 16.3. The summed E-state index contributed by atoms with van der Waals surface area (Å²) in [6.07, 6.45) is 2.63. The van der Waals surface area contributed by atoms with Gasteiger partial charge >= 0.3 is 5.97 Å². The number of phosphoric acid groups is 1. The molecule has 0 aliphatic carbocycles. The number of alkyl halides is 1. The molecule has 0 radical (unpaired) electrons. The van der Waals surface area contributed by atoms with Gasteiger partial charge in [-0.15, -0.1) is 0 Å². The van der Waals surface area contributed by atoms with Gasteiger partial charge in [-0.25, -0.2) is 0 Å². The van der Waals surface area contributed by atoms with Gasteiger partial charge in [0.15, 0.2) is 5.90 Å². The Balaban J connectivity index is 5.16. The zero-order valence-electron chi connectivity index (χ0n) is 23.1. The molecule has 9 nitrogen and oxygen atoms in total. The lowest BCUT2D eigenvalue weighted by Gasteiger charge is -2.47. The highest BCUT2D eigenvalue weighted by molar-refractivity contribution is 14.1. The van der Waals surface area contributed by atoms with Crippen molar-refractivity contribution in [2.24, 2.45) is 22.0 Å². The van der Waals surface area contributed by atoms with Crippen molar-refractivity contribution in [3.8, 4) is 0 Å². The van der Waals surface area contributed by atoms with Gasteiger partial charge in [0.25, 0.3) is 7.82 Å². The number of halogens is 1. The third kappa shape index (κ3) is 12.2. The van der Waals surface area contributed by atoms with Crippen LogP contribution in [0.3, 0.4) is 0 Å². The Kier molecular flexibility index (Phi) is 12.4. The van der Waals surface area contributed by atoms with Crippen molar-refractivity contribution in [1.29, 1.82) is 5.41 Å². The maximum absolute atomic E-state index is 12.1. The number of carboxylic acids is 1. The second-order valence-electron chi connectivity index (χ2n) is 12.4. The van der Waals surface area contributed by atoms with Gasteiger partial charge in [0, 0.05) is 5.41 Å². The number of carboxylic acid groups (broad SMARTS) is 1. The highest BCUT2D eigenvalue weighted by Gasteiger charge is 2.47. The minimum absolute atomic E-state index is 0.0224. The molecule has 0 saturated heterocycles. The number of rotatable bonds is 15. The minimum Gasteiger partial charge on any atom is -0.756 e. The van der Waals surface area contributed by atoms with Gasteiger partial charge in [-0.3, -0.25) is 14.8 Å². The van der Waals surface area contributed by atoms with Crippen molar-refractivity contribution in [3.63, 3.8) is 0 Å². The lowest BCUT2D eigenvalue weighted by atomic mass is 9.59. The SMILES string of the molecule is CCC(C)(C)C(C)(CC(C)(C)C)C(=N)OCC(C)(I)CCC(C)(C)OP(=O)([O-])OCC(N)C(=O)O. The fourth-order valence-electron chi connectivity index (χ4n) is 3.71. The number of carbonyl (C=O) groups is 1. The monoisotopic (exact) mass is 633 g/mol. The quantitative estimate of drug-likeness (QED) is 0.0700. The van der Waals surface area contributed by atoms with Crippen LogP contribution in [0.4, 0.5) is 0 Å². The topological polar surface area (TPSA) is 155 Å². The summed E-state index contributed by atoms with van der Waals surface area (Å²) in [6.45, 7) is 19.9. The molecule has 35 heavy (non-hydrogen) atoms. The molecular formula is C24H47IN2O7P-. The van der Waals surface area contributed by atoms with Gasteiger partial charge < -0.3 is 29.5 Å². The van der Waals surface area contributed by atoms with Crippen LogP contribution in [0.15, 0.2) is 0 Å². The van der Waals surface area contributed by atoms with Gasteiger partial charge in [0.05, 0.1) is 15.6 Å². The number of hydrogen-bond donors (Lipinski definition) is 3. The summed E-state index contributed by atoms with van der Waals surface area (Å²) in [7, 11) is -4.75. The molecule has 0 rings (SSSR count). The molecule has 208 valence electrons. The van der Waals surface area contributed by atoms with Crippen LogP contribution < -0.4 is 10.6 Å². The Bertz CT molecular complexity index is 780. The molecule has 4 unspecified atom stereocenters. The molecule has 0 aromatic carbocycles. The maximum atomic E-state index is 12.1. The highest BCUT2D eigenvalue weighted by atomic mass is 127. The van der Waals surface area contributed by atoms with E-state index in [4.69, 9.17) is 25.5 Å². The summed E-state index contributed by atoms with van der Waals surface area (Å²) in [5.74, 6) is -1.10. The van der Waals surface area contributed by atoms with E-state index in [0.717, 1.165) is 12.8 Å². The minimum atomic E-state index is -4.75. The van der Waals surface area contributed by atoms with Crippen molar-refractivity contribution < 1.29 is 33.1 Å². The molecule has 0 aliphatic heterocycles. The molecule has 0 amide bonds. The predicted molar refractivity (Wildman–Crippen MR) is 146 cm³/mol. The average Bonchev–Trinajstić information content (AvgIpc) is 2.66. The summed E-state index contributed by atoms with van der Waals surface area (Å²) in [5.41, 5.74) is 3.65. The maximum Gasteiger partial charge on any atom is 0.322 e. The zero-order chi connectivity index (χ0) is 28.1. The van der Waals surface area contributed by atoms with E-state index in [1.54, 1.807) is 13.8 Å². The first-order chi connectivity index (χ1) is 15.4. The van der Waals surface area contributed by atoms with Crippen LogP contribution in [-0.4, -0.2) is 45.3 Å². The Morgan fingerprint density at radius 2 is 1.63 bits per heavy atom. The smallest absolute Gasteiger partial charge is 0.322 e. The Hall–Kier alpha value is -0.260. The lowest BCUT2D eigenvalue weighted by molar-refractivity contribution is -0.235. The van der Waals surface area contributed by atoms with Crippen LogP contribution in [0.5, 0.6) is 0 Å². The van der Waals surface area contributed by atoms with Gasteiger partial charge in [0.2, 0.25) is 0 Å². The molecule has 0 bridgehead atoms. The van der Waals surface area contributed by atoms with Gasteiger partial charge in [-0.05, 0) is 57.3 Å². The molecule has 0 saturated carbocycles. The summed E-state index contributed by atoms with van der Waals surface area (Å²) in [6, 6.07) is -1.46. The van der Waals surface area contributed by atoms with Crippen molar-refractivity contribution in [2.45, 2.75) is 110 Å². The van der Waals surface area contributed by atoms with Gasteiger partial charge in [-0.2, -0.15) is 0 Å². The number of hydrogen-bond acceptors (Lipinski definition) is 8. The molecule has 0 aromatic heterocycles. The van der Waals surface area contributed by atoms with Crippen LogP contribution >= 0.6 is 30.4 Å². The van der Waals surface area contributed by atoms with E-state index in [2.05, 4.69) is 75.6 Å². The molecular weight excluding hydrogens is 586 g/mol. The normalized spacial score (nSPS) is 19.2. The molecule has 0 aliphatic rings. The largest absolute Gasteiger partial charge is 0.756 e. The fraction of sp³-hybridized carbons (Fsp3) is 0.917. The Morgan fingerprint density at radius 3 is 2.06 bits per heavy atom. The predicted octanol–water partition coefficient (Wildman–Crippen LogP) is 5.52. The van der Waals surface area contributed by atoms with E-state index < -0.39 is 37.5 Å². The summed E-state index contributed by atoms with van der Waals surface area (Å²) in [4.78, 5) is 22.9. The van der Waals surface area contributed by atoms with E-state index in [9.17, 15) is 14.3 Å². The second kappa shape index (κ2) is 12.5. The number of phosphoric ester groups is 1. The van der Waals surface area contributed by atoms with E-state index in [-0.39, 0.29) is 20.1 Å². The van der Waals surface area contributed by atoms with Crippen molar-refractivity contribution in [1.82, 2.24) is 0 Å². The first-order valence-corrected chi connectivity index (χ1v) is 14.5. The number of aliphatic carboxylic acids is 1. The van der Waals surface area contributed by atoms with Crippen LogP contribution in [0.2, 0.25) is 0 Å². The van der Waals surface area contributed by atoms with Crippen LogP contribution in [0.1, 0.15) is 94.9 Å².